The van der Waals surface area contributed by atoms with Crippen LogP contribution in [0.4, 0.5) is 0 Å². The van der Waals surface area contributed by atoms with E-state index < -0.39 is 0 Å². The number of nitrogens with zero attached hydrogens (tertiary/aromatic N) is 1. The Morgan fingerprint density at radius 1 is 1.21 bits per heavy atom. The second-order valence-corrected chi connectivity index (χ2v) is 6.68. The zero-order valence-electron chi connectivity index (χ0n) is 12.6. The van der Waals surface area contributed by atoms with Crippen molar-refractivity contribution in [3.05, 3.63) is 0 Å². The first kappa shape index (κ1) is 13.8. The molecule has 2 saturated heterocycles. The molecule has 110 valence electrons. The van der Waals surface area contributed by atoms with E-state index in [4.69, 9.17) is 4.74 Å². The average molecular weight is 266 g/mol. The van der Waals surface area contributed by atoms with Gasteiger partial charge < -0.3 is 10.1 Å². The van der Waals surface area contributed by atoms with E-state index >= 15 is 0 Å². The van der Waals surface area contributed by atoms with Crippen LogP contribution in [0.25, 0.3) is 0 Å². The van der Waals surface area contributed by atoms with Gasteiger partial charge in [-0.2, -0.15) is 0 Å². The van der Waals surface area contributed by atoms with Crippen molar-refractivity contribution in [1.82, 2.24) is 10.2 Å². The molecule has 2 aliphatic heterocycles. The summed E-state index contributed by atoms with van der Waals surface area (Å²) in [7, 11) is 0. The lowest BCUT2D eigenvalue weighted by Crippen LogP contribution is -2.60. The predicted octanol–water partition coefficient (Wildman–Crippen LogP) is 2.41. The Labute approximate surface area is 118 Å². The van der Waals surface area contributed by atoms with E-state index in [1.807, 2.05) is 0 Å². The van der Waals surface area contributed by atoms with Crippen LogP contribution in [0.1, 0.15) is 52.4 Å². The lowest BCUT2D eigenvalue weighted by atomic mass is 9.96. The van der Waals surface area contributed by atoms with Gasteiger partial charge >= 0.3 is 0 Å². The van der Waals surface area contributed by atoms with Crippen LogP contribution in [-0.4, -0.2) is 48.8 Å². The Kier molecular flexibility index (Phi) is 4.45. The van der Waals surface area contributed by atoms with Crippen LogP contribution in [-0.2, 0) is 4.74 Å². The maximum absolute atomic E-state index is 6.07. The Morgan fingerprint density at radius 3 is 2.74 bits per heavy atom. The van der Waals surface area contributed by atoms with Crippen LogP contribution in [0.5, 0.6) is 0 Å². The Hall–Kier alpha value is -0.120. The molecule has 19 heavy (non-hydrogen) atoms. The minimum absolute atomic E-state index is 0.550. The highest BCUT2D eigenvalue weighted by molar-refractivity contribution is 4.99. The highest BCUT2D eigenvalue weighted by Gasteiger charge is 2.45. The summed E-state index contributed by atoms with van der Waals surface area (Å²) in [5.41, 5.74) is 0. The van der Waals surface area contributed by atoms with E-state index in [9.17, 15) is 0 Å². The third-order valence-corrected chi connectivity index (χ3v) is 5.27. The number of ether oxygens (including phenoxy) is 1. The van der Waals surface area contributed by atoms with Gasteiger partial charge in [-0.15, -0.1) is 0 Å². The fraction of sp³-hybridized carbons (Fsp3) is 1.00. The van der Waals surface area contributed by atoms with Gasteiger partial charge in [-0.05, 0) is 38.0 Å². The monoisotopic (exact) mass is 266 g/mol. The molecule has 0 bridgehead atoms. The van der Waals surface area contributed by atoms with Gasteiger partial charge in [0, 0.05) is 37.8 Å². The van der Waals surface area contributed by atoms with E-state index in [1.165, 1.54) is 51.6 Å². The molecule has 4 unspecified atom stereocenters. The fourth-order valence-corrected chi connectivity index (χ4v) is 4.04. The number of hydrogen-bond donors (Lipinski definition) is 1. The quantitative estimate of drug-likeness (QED) is 0.827. The summed E-state index contributed by atoms with van der Waals surface area (Å²) in [5.74, 6) is 0.879. The Balaban J connectivity index is 1.67. The van der Waals surface area contributed by atoms with Crippen molar-refractivity contribution in [2.45, 2.75) is 76.6 Å². The van der Waals surface area contributed by atoms with Crippen LogP contribution < -0.4 is 5.32 Å². The van der Waals surface area contributed by atoms with Crippen molar-refractivity contribution in [1.29, 1.82) is 0 Å². The molecule has 1 aliphatic carbocycles. The molecular weight excluding hydrogens is 236 g/mol. The van der Waals surface area contributed by atoms with Gasteiger partial charge in [0.05, 0.1) is 6.10 Å². The van der Waals surface area contributed by atoms with Gasteiger partial charge in [-0.1, -0.05) is 20.3 Å². The smallest absolute Gasteiger partial charge is 0.0759 e. The topological polar surface area (TPSA) is 24.5 Å². The van der Waals surface area contributed by atoms with Crippen molar-refractivity contribution in [2.75, 3.05) is 19.7 Å². The number of nitrogens with one attached hydrogen (secondary N) is 1. The molecule has 3 aliphatic rings. The first-order valence-corrected chi connectivity index (χ1v) is 8.44. The lowest BCUT2D eigenvalue weighted by molar-refractivity contribution is 0.0103. The molecule has 0 spiro atoms. The van der Waals surface area contributed by atoms with Gasteiger partial charge in [-0.25, -0.2) is 0 Å². The molecule has 0 aromatic carbocycles. The summed E-state index contributed by atoms with van der Waals surface area (Å²) in [6.45, 7) is 8.04. The van der Waals surface area contributed by atoms with Crippen molar-refractivity contribution >= 4 is 0 Å². The third-order valence-electron chi connectivity index (χ3n) is 5.27. The zero-order chi connectivity index (χ0) is 13.2. The normalized spacial score (nSPS) is 40.7. The van der Waals surface area contributed by atoms with Crippen molar-refractivity contribution in [3.8, 4) is 0 Å². The molecule has 3 rings (SSSR count). The molecule has 0 radical (unpaired) electrons. The Morgan fingerprint density at radius 2 is 2.05 bits per heavy atom. The van der Waals surface area contributed by atoms with Crippen LogP contribution in [0, 0.1) is 5.92 Å². The van der Waals surface area contributed by atoms with Gasteiger partial charge in [0.2, 0.25) is 0 Å². The van der Waals surface area contributed by atoms with E-state index in [0.717, 1.165) is 18.6 Å². The van der Waals surface area contributed by atoms with Crippen molar-refractivity contribution in [3.63, 3.8) is 0 Å². The van der Waals surface area contributed by atoms with Gasteiger partial charge in [-0.3, -0.25) is 4.90 Å². The molecule has 3 heteroatoms. The number of rotatable bonds is 5. The highest BCUT2D eigenvalue weighted by Crippen LogP contribution is 2.41. The predicted molar refractivity (Wildman–Crippen MR) is 78.4 cm³/mol. The molecule has 1 N–H and O–H groups in total. The number of hydrogen-bond acceptors (Lipinski definition) is 3. The molecular formula is C16H30N2O. The largest absolute Gasteiger partial charge is 0.376 e. The summed E-state index contributed by atoms with van der Waals surface area (Å²) < 4.78 is 6.07. The maximum atomic E-state index is 6.07. The lowest BCUT2D eigenvalue weighted by Gasteiger charge is -2.45. The number of piperazine rings is 1. The molecule has 4 atom stereocenters. The van der Waals surface area contributed by atoms with Crippen molar-refractivity contribution < 1.29 is 4.74 Å². The van der Waals surface area contributed by atoms with Crippen LogP contribution in [0.3, 0.4) is 0 Å². The first-order valence-electron chi connectivity index (χ1n) is 8.44. The third kappa shape index (κ3) is 2.98. The van der Waals surface area contributed by atoms with E-state index in [1.54, 1.807) is 0 Å². The maximum Gasteiger partial charge on any atom is 0.0759 e. The Bertz CT molecular complexity index is 292. The van der Waals surface area contributed by atoms with Gasteiger partial charge in [0.15, 0.2) is 0 Å². The van der Waals surface area contributed by atoms with E-state index in [2.05, 4.69) is 24.1 Å². The fourth-order valence-electron chi connectivity index (χ4n) is 4.04. The summed E-state index contributed by atoms with van der Waals surface area (Å²) in [6, 6.07) is 2.13. The molecule has 3 nitrogen and oxygen atoms in total. The van der Waals surface area contributed by atoms with E-state index in [-0.39, 0.29) is 0 Å². The molecule has 1 saturated carbocycles. The van der Waals surface area contributed by atoms with Crippen LogP contribution >= 0.6 is 0 Å². The summed E-state index contributed by atoms with van der Waals surface area (Å²) in [6.07, 6.45) is 8.49. The minimum Gasteiger partial charge on any atom is -0.376 e. The molecule has 3 fully saturated rings. The second kappa shape index (κ2) is 6.11. The summed E-state index contributed by atoms with van der Waals surface area (Å²) in [5, 5.41) is 3.75. The van der Waals surface area contributed by atoms with Crippen LogP contribution in [0.2, 0.25) is 0 Å². The average Bonchev–Trinajstić information content (AvgIpc) is 3.16. The SMILES string of the molecule is CCCC1CN(C2CCOC2C2CC2)C(CC)CN1. The zero-order valence-corrected chi connectivity index (χ0v) is 12.6. The minimum atomic E-state index is 0.550. The second-order valence-electron chi connectivity index (χ2n) is 6.68. The summed E-state index contributed by atoms with van der Waals surface area (Å²) in [4.78, 5) is 2.81. The standard InChI is InChI=1S/C16H30N2O/c1-3-5-13-11-18(14(4-2)10-17-13)15-8-9-19-16(15)12-6-7-12/h12-17H,3-11H2,1-2H3. The summed E-state index contributed by atoms with van der Waals surface area (Å²) >= 11 is 0. The first-order chi connectivity index (χ1) is 9.33. The molecule has 0 amide bonds. The van der Waals surface area contributed by atoms with Gasteiger partial charge in [0.1, 0.15) is 0 Å². The van der Waals surface area contributed by atoms with Crippen molar-refractivity contribution in [2.24, 2.45) is 5.92 Å². The highest BCUT2D eigenvalue weighted by atomic mass is 16.5. The molecule has 0 aromatic rings. The van der Waals surface area contributed by atoms with E-state index in [0.29, 0.717) is 18.2 Å². The molecule has 0 aromatic heterocycles. The van der Waals surface area contributed by atoms with Gasteiger partial charge in [0.25, 0.3) is 0 Å². The molecule has 2 heterocycles. The van der Waals surface area contributed by atoms with Crippen LogP contribution in [0.15, 0.2) is 0 Å².